The topological polar surface area (TPSA) is 46.2 Å². The molecule has 2 heteroatoms. The van der Waals surface area contributed by atoms with Crippen molar-refractivity contribution in [2.24, 2.45) is 5.73 Å². The van der Waals surface area contributed by atoms with Gasteiger partial charge in [-0.3, -0.25) is 0 Å². The smallest absolute Gasteiger partial charge is 0.0512 e. The third-order valence-corrected chi connectivity index (χ3v) is 3.33. The van der Waals surface area contributed by atoms with E-state index in [1.807, 2.05) is 6.92 Å². The van der Waals surface area contributed by atoms with Crippen molar-refractivity contribution in [2.45, 2.75) is 90.1 Å². The highest BCUT2D eigenvalue weighted by atomic mass is 16.3. The van der Waals surface area contributed by atoms with Gasteiger partial charge in [0.2, 0.25) is 0 Å². The second kappa shape index (κ2) is 14.0. The van der Waals surface area contributed by atoms with E-state index in [0.717, 1.165) is 13.0 Å². The molecule has 0 heterocycles. The van der Waals surface area contributed by atoms with Gasteiger partial charge in [-0.25, -0.2) is 0 Å². The van der Waals surface area contributed by atoms with Gasteiger partial charge in [-0.15, -0.1) is 0 Å². The number of unbranched alkanes of at least 4 members (excludes halogenated alkanes) is 10. The van der Waals surface area contributed by atoms with Gasteiger partial charge in [0.1, 0.15) is 0 Å². The number of hydrogen-bond acceptors (Lipinski definition) is 2. The maximum Gasteiger partial charge on any atom is 0.0512 e. The van der Waals surface area contributed by atoms with Gasteiger partial charge in [-0.1, -0.05) is 64.2 Å². The molecule has 0 rings (SSSR count). The van der Waals surface area contributed by atoms with Crippen LogP contribution in [0.15, 0.2) is 0 Å². The molecule has 3 N–H and O–H groups in total. The highest BCUT2D eigenvalue weighted by Gasteiger charge is 1.96. The largest absolute Gasteiger partial charge is 0.393 e. The molecule has 0 amide bonds. The molecule has 1 unspecified atom stereocenters. The Bertz CT molecular complexity index is 137. The summed E-state index contributed by atoms with van der Waals surface area (Å²) in [5.41, 5.74) is 5.45. The summed E-state index contributed by atoms with van der Waals surface area (Å²) in [5.74, 6) is 0. The summed E-state index contributed by atoms with van der Waals surface area (Å²) in [6, 6.07) is 0. The van der Waals surface area contributed by atoms with Crippen LogP contribution in [0.25, 0.3) is 0 Å². The minimum atomic E-state index is -0.108. The van der Waals surface area contributed by atoms with Crippen LogP contribution in [-0.2, 0) is 0 Å². The summed E-state index contributed by atoms with van der Waals surface area (Å²) in [7, 11) is 0. The molecule has 0 fully saturated rings. The lowest BCUT2D eigenvalue weighted by atomic mass is 10.0. The molecular formula is C15H33NO. The highest BCUT2D eigenvalue weighted by molar-refractivity contribution is 4.51. The first-order chi connectivity index (χ1) is 8.27. The molecule has 0 saturated carbocycles. The van der Waals surface area contributed by atoms with Crippen LogP contribution < -0.4 is 5.73 Å². The van der Waals surface area contributed by atoms with Gasteiger partial charge in [0.05, 0.1) is 6.10 Å². The van der Waals surface area contributed by atoms with Crippen molar-refractivity contribution in [3.05, 3.63) is 0 Å². The van der Waals surface area contributed by atoms with Crippen LogP contribution in [0, 0.1) is 0 Å². The molecule has 0 saturated heterocycles. The molecule has 1 atom stereocenters. The Labute approximate surface area is 108 Å². The summed E-state index contributed by atoms with van der Waals surface area (Å²) in [5, 5.41) is 9.11. The third kappa shape index (κ3) is 15.9. The van der Waals surface area contributed by atoms with Gasteiger partial charge in [0.15, 0.2) is 0 Å². The molecule has 0 spiro atoms. The Kier molecular flexibility index (Phi) is 13.9. The fourth-order valence-electron chi connectivity index (χ4n) is 2.18. The van der Waals surface area contributed by atoms with Crippen molar-refractivity contribution in [3.8, 4) is 0 Å². The number of hydrogen-bond donors (Lipinski definition) is 2. The molecule has 2 nitrogen and oxygen atoms in total. The zero-order chi connectivity index (χ0) is 12.8. The van der Waals surface area contributed by atoms with Gasteiger partial charge in [-0.05, 0) is 26.3 Å². The summed E-state index contributed by atoms with van der Waals surface area (Å²) in [4.78, 5) is 0. The van der Waals surface area contributed by atoms with E-state index in [1.165, 1.54) is 70.6 Å². The Morgan fingerprint density at radius 3 is 1.41 bits per heavy atom. The number of aliphatic hydroxyl groups excluding tert-OH is 1. The van der Waals surface area contributed by atoms with Crippen molar-refractivity contribution in [1.29, 1.82) is 0 Å². The van der Waals surface area contributed by atoms with Gasteiger partial charge >= 0.3 is 0 Å². The number of nitrogens with two attached hydrogens (primary N) is 1. The van der Waals surface area contributed by atoms with Crippen molar-refractivity contribution < 1.29 is 5.11 Å². The lowest BCUT2D eigenvalue weighted by molar-refractivity contribution is 0.180. The molecule has 0 aliphatic heterocycles. The van der Waals surface area contributed by atoms with Crippen LogP contribution in [0.2, 0.25) is 0 Å². The highest BCUT2D eigenvalue weighted by Crippen LogP contribution is 2.12. The van der Waals surface area contributed by atoms with Crippen molar-refractivity contribution in [1.82, 2.24) is 0 Å². The molecule has 0 aromatic carbocycles. The van der Waals surface area contributed by atoms with E-state index in [4.69, 9.17) is 10.8 Å². The van der Waals surface area contributed by atoms with Crippen LogP contribution >= 0.6 is 0 Å². The molecule has 17 heavy (non-hydrogen) atoms. The van der Waals surface area contributed by atoms with Crippen molar-refractivity contribution >= 4 is 0 Å². The molecule has 0 aliphatic rings. The summed E-state index contributed by atoms with van der Waals surface area (Å²) < 4.78 is 0. The lowest BCUT2D eigenvalue weighted by Crippen LogP contribution is -1.98. The van der Waals surface area contributed by atoms with Gasteiger partial charge in [0, 0.05) is 0 Å². The Balaban J connectivity index is 2.89. The van der Waals surface area contributed by atoms with Crippen LogP contribution in [0.4, 0.5) is 0 Å². The van der Waals surface area contributed by atoms with E-state index in [9.17, 15) is 0 Å². The zero-order valence-electron chi connectivity index (χ0n) is 11.8. The fraction of sp³-hybridized carbons (Fsp3) is 1.00. The summed E-state index contributed by atoms with van der Waals surface area (Å²) in [6.45, 7) is 2.73. The monoisotopic (exact) mass is 243 g/mol. The fourth-order valence-corrected chi connectivity index (χ4v) is 2.18. The van der Waals surface area contributed by atoms with Crippen LogP contribution in [-0.4, -0.2) is 17.8 Å². The van der Waals surface area contributed by atoms with Gasteiger partial charge in [-0.2, -0.15) is 0 Å². The first-order valence-electron chi connectivity index (χ1n) is 7.65. The van der Waals surface area contributed by atoms with E-state index in [1.54, 1.807) is 0 Å². The second-order valence-electron chi connectivity index (χ2n) is 5.32. The first kappa shape index (κ1) is 16.9. The average Bonchev–Trinajstić information content (AvgIpc) is 2.30. The summed E-state index contributed by atoms with van der Waals surface area (Å²) >= 11 is 0. The molecule has 0 aromatic rings. The Hall–Kier alpha value is -0.0800. The maximum atomic E-state index is 9.11. The normalized spacial score (nSPS) is 12.9. The van der Waals surface area contributed by atoms with Gasteiger partial charge in [0.25, 0.3) is 0 Å². The molecule has 0 radical (unpaired) electrons. The lowest BCUT2D eigenvalue weighted by Gasteiger charge is -2.04. The first-order valence-corrected chi connectivity index (χ1v) is 7.65. The zero-order valence-corrected chi connectivity index (χ0v) is 11.8. The number of rotatable bonds is 13. The molecule has 0 bridgehead atoms. The SMILES string of the molecule is CC(O)CCCCCCCCCCCCCN. The molecule has 0 aromatic heterocycles. The Morgan fingerprint density at radius 1 is 0.706 bits per heavy atom. The van der Waals surface area contributed by atoms with Crippen LogP contribution in [0.3, 0.4) is 0 Å². The van der Waals surface area contributed by atoms with E-state index in [-0.39, 0.29) is 6.10 Å². The minimum Gasteiger partial charge on any atom is -0.393 e. The van der Waals surface area contributed by atoms with Crippen molar-refractivity contribution in [2.75, 3.05) is 6.54 Å². The van der Waals surface area contributed by atoms with E-state index in [2.05, 4.69) is 0 Å². The van der Waals surface area contributed by atoms with E-state index in [0.29, 0.717) is 0 Å². The molecular weight excluding hydrogens is 210 g/mol. The second-order valence-corrected chi connectivity index (χ2v) is 5.32. The van der Waals surface area contributed by atoms with Crippen LogP contribution in [0.5, 0.6) is 0 Å². The molecule has 0 aliphatic carbocycles. The van der Waals surface area contributed by atoms with E-state index < -0.39 is 0 Å². The standard InChI is InChI=1S/C15H33NO/c1-15(17)13-11-9-7-5-3-2-4-6-8-10-12-14-16/h15,17H,2-14,16H2,1H3. The quantitative estimate of drug-likeness (QED) is 0.480. The number of aliphatic hydroxyl groups is 1. The Morgan fingerprint density at radius 2 is 1.06 bits per heavy atom. The maximum absolute atomic E-state index is 9.11. The average molecular weight is 243 g/mol. The van der Waals surface area contributed by atoms with E-state index >= 15 is 0 Å². The molecule has 104 valence electrons. The minimum absolute atomic E-state index is 0.108. The van der Waals surface area contributed by atoms with Crippen LogP contribution in [0.1, 0.15) is 84.0 Å². The predicted octanol–water partition coefficient (Wildman–Crippen LogP) is 4.01. The predicted molar refractivity (Wildman–Crippen MR) is 76.1 cm³/mol. The van der Waals surface area contributed by atoms with Crippen molar-refractivity contribution in [3.63, 3.8) is 0 Å². The third-order valence-electron chi connectivity index (χ3n) is 3.33. The van der Waals surface area contributed by atoms with Gasteiger partial charge < -0.3 is 10.8 Å². The summed E-state index contributed by atoms with van der Waals surface area (Å²) in [6.07, 6.45) is 15.5.